The fourth-order valence-electron chi connectivity index (χ4n) is 2.34. The van der Waals surface area contributed by atoms with Crippen molar-refractivity contribution >= 4 is 40.8 Å². The molecule has 0 unspecified atom stereocenters. The number of anilines is 1. The zero-order chi connectivity index (χ0) is 18.5. The summed E-state index contributed by atoms with van der Waals surface area (Å²) in [6, 6.07) is 4.20. The first-order chi connectivity index (χ1) is 12.0. The van der Waals surface area contributed by atoms with Crippen LogP contribution in [0, 0.1) is 0 Å². The van der Waals surface area contributed by atoms with Gasteiger partial charge in [-0.15, -0.1) is 0 Å². The van der Waals surface area contributed by atoms with E-state index in [2.05, 4.69) is 23.1 Å². The Bertz CT molecular complexity index is 553. The van der Waals surface area contributed by atoms with Crippen LogP contribution in [0.25, 0.3) is 0 Å². The van der Waals surface area contributed by atoms with E-state index in [0.29, 0.717) is 22.2 Å². The standard InChI is InChI=1S/C18H27Cl2N3O2/c1-2-3-4-5-6-7-8-9-10-17(24)22-23-18(25)21-14-11-12-15(19)16(20)13-14/h11-13H,2-10H2,1H3,(H,22,24)(H2,21,23,25). The Morgan fingerprint density at radius 1 is 0.880 bits per heavy atom. The van der Waals surface area contributed by atoms with Gasteiger partial charge in [0.1, 0.15) is 0 Å². The normalized spacial score (nSPS) is 10.4. The van der Waals surface area contributed by atoms with Crippen molar-refractivity contribution in [1.29, 1.82) is 0 Å². The van der Waals surface area contributed by atoms with Gasteiger partial charge in [-0.3, -0.25) is 10.2 Å². The lowest BCUT2D eigenvalue weighted by Gasteiger charge is -2.09. The number of carbonyl (C=O) groups excluding carboxylic acids is 2. The molecule has 5 nitrogen and oxygen atoms in total. The average molecular weight is 388 g/mol. The van der Waals surface area contributed by atoms with Crippen molar-refractivity contribution in [1.82, 2.24) is 10.9 Å². The molecular weight excluding hydrogens is 361 g/mol. The van der Waals surface area contributed by atoms with Gasteiger partial charge in [-0.2, -0.15) is 0 Å². The Morgan fingerprint density at radius 3 is 2.16 bits per heavy atom. The lowest BCUT2D eigenvalue weighted by Crippen LogP contribution is -2.43. The molecule has 25 heavy (non-hydrogen) atoms. The Kier molecular flexibility index (Phi) is 11.1. The number of nitrogens with one attached hydrogen (secondary N) is 3. The lowest BCUT2D eigenvalue weighted by molar-refractivity contribution is -0.121. The van der Waals surface area contributed by atoms with Crippen LogP contribution in [0.2, 0.25) is 10.0 Å². The maximum Gasteiger partial charge on any atom is 0.337 e. The molecule has 0 radical (unpaired) electrons. The van der Waals surface area contributed by atoms with E-state index in [1.54, 1.807) is 12.1 Å². The molecule has 7 heteroatoms. The third kappa shape index (κ3) is 10.2. The summed E-state index contributed by atoms with van der Waals surface area (Å²) in [4.78, 5) is 23.4. The van der Waals surface area contributed by atoms with Gasteiger partial charge in [0.2, 0.25) is 5.91 Å². The highest BCUT2D eigenvalue weighted by Gasteiger charge is 2.06. The number of rotatable bonds is 10. The van der Waals surface area contributed by atoms with Gasteiger partial charge in [0.05, 0.1) is 10.0 Å². The molecule has 0 bridgehead atoms. The van der Waals surface area contributed by atoms with E-state index < -0.39 is 6.03 Å². The van der Waals surface area contributed by atoms with Gasteiger partial charge >= 0.3 is 6.03 Å². The monoisotopic (exact) mass is 387 g/mol. The molecule has 1 rings (SSSR count). The highest BCUT2D eigenvalue weighted by Crippen LogP contribution is 2.24. The van der Waals surface area contributed by atoms with E-state index in [9.17, 15) is 9.59 Å². The van der Waals surface area contributed by atoms with E-state index in [4.69, 9.17) is 23.2 Å². The van der Waals surface area contributed by atoms with Crippen LogP contribution >= 0.6 is 23.2 Å². The minimum absolute atomic E-state index is 0.199. The second-order valence-electron chi connectivity index (χ2n) is 5.98. The lowest BCUT2D eigenvalue weighted by atomic mass is 10.1. The van der Waals surface area contributed by atoms with Crippen LogP contribution in [0.4, 0.5) is 10.5 Å². The molecule has 0 aliphatic carbocycles. The minimum Gasteiger partial charge on any atom is -0.307 e. The van der Waals surface area contributed by atoms with Crippen LogP contribution in [0.5, 0.6) is 0 Å². The summed E-state index contributed by atoms with van der Waals surface area (Å²) in [7, 11) is 0. The van der Waals surface area contributed by atoms with E-state index in [0.717, 1.165) is 19.3 Å². The van der Waals surface area contributed by atoms with Crippen LogP contribution in [0.3, 0.4) is 0 Å². The fourth-order valence-corrected chi connectivity index (χ4v) is 2.64. The number of hydrazine groups is 1. The first-order valence-corrected chi connectivity index (χ1v) is 9.59. The average Bonchev–Trinajstić information content (AvgIpc) is 2.58. The van der Waals surface area contributed by atoms with Gasteiger partial charge < -0.3 is 5.32 Å². The Labute approximate surface area is 159 Å². The zero-order valence-electron chi connectivity index (χ0n) is 14.7. The van der Waals surface area contributed by atoms with Crippen LogP contribution in [0.1, 0.15) is 64.7 Å². The highest BCUT2D eigenvalue weighted by molar-refractivity contribution is 6.42. The maximum atomic E-state index is 11.7. The molecule has 0 aromatic heterocycles. The summed E-state index contributed by atoms with van der Waals surface area (Å²) in [6.07, 6.45) is 9.79. The molecule has 3 N–H and O–H groups in total. The maximum absolute atomic E-state index is 11.7. The Morgan fingerprint density at radius 2 is 1.52 bits per heavy atom. The number of halogens is 2. The van der Waals surface area contributed by atoms with Crippen molar-refractivity contribution in [3.63, 3.8) is 0 Å². The largest absolute Gasteiger partial charge is 0.337 e. The summed E-state index contributed by atoms with van der Waals surface area (Å²) >= 11 is 11.7. The van der Waals surface area contributed by atoms with E-state index in [-0.39, 0.29) is 5.91 Å². The molecule has 0 saturated heterocycles. The number of unbranched alkanes of at least 4 members (excludes halogenated alkanes) is 7. The van der Waals surface area contributed by atoms with E-state index in [1.165, 1.54) is 38.2 Å². The number of amides is 3. The molecule has 0 heterocycles. The van der Waals surface area contributed by atoms with E-state index >= 15 is 0 Å². The summed E-state index contributed by atoms with van der Waals surface area (Å²) in [6.45, 7) is 2.21. The highest BCUT2D eigenvalue weighted by atomic mass is 35.5. The summed E-state index contributed by atoms with van der Waals surface area (Å²) < 4.78 is 0. The van der Waals surface area contributed by atoms with Crippen molar-refractivity contribution in [3.8, 4) is 0 Å². The molecule has 0 aliphatic heterocycles. The number of carbonyl (C=O) groups is 2. The van der Waals surface area contributed by atoms with Crippen LogP contribution in [0.15, 0.2) is 18.2 Å². The van der Waals surface area contributed by atoms with Crippen molar-refractivity contribution in [3.05, 3.63) is 28.2 Å². The van der Waals surface area contributed by atoms with E-state index in [1.807, 2.05) is 0 Å². The molecular formula is C18H27Cl2N3O2. The molecule has 0 aliphatic rings. The van der Waals surface area contributed by atoms with Gasteiger partial charge in [0.25, 0.3) is 0 Å². The third-order valence-electron chi connectivity index (χ3n) is 3.75. The zero-order valence-corrected chi connectivity index (χ0v) is 16.2. The summed E-state index contributed by atoms with van der Waals surface area (Å²) in [5.74, 6) is -0.199. The number of urea groups is 1. The van der Waals surface area contributed by atoms with Gasteiger partial charge in [-0.05, 0) is 24.6 Å². The number of hydrogen-bond acceptors (Lipinski definition) is 2. The molecule has 0 fully saturated rings. The SMILES string of the molecule is CCCCCCCCCCC(=O)NNC(=O)Nc1ccc(Cl)c(Cl)c1. The van der Waals surface area contributed by atoms with Gasteiger partial charge in [0, 0.05) is 12.1 Å². The van der Waals surface area contributed by atoms with Crippen LogP contribution in [-0.4, -0.2) is 11.9 Å². The fraction of sp³-hybridized carbons (Fsp3) is 0.556. The van der Waals surface area contributed by atoms with Gasteiger partial charge in [-0.1, -0.05) is 75.1 Å². The smallest absolute Gasteiger partial charge is 0.307 e. The topological polar surface area (TPSA) is 70.2 Å². The molecule has 140 valence electrons. The Hall–Kier alpha value is -1.46. The van der Waals surface area contributed by atoms with Gasteiger partial charge in [-0.25, -0.2) is 10.2 Å². The molecule has 0 spiro atoms. The first-order valence-electron chi connectivity index (χ1n) is 8.83. The summed E-state index contributed by atoms with van der Waals surface area (Å²) in [5.41, 5.74) is 5.19. The molecule has 0 atom stereocenters. The molecule has 3 amide bonds. The third-order valence-corrected chi connectivity index (χ3v) is 4.49. The predicted octanol–water partition coefficient (Wildman–Crippen LogP) is 5.68. The summed E-state index contributed by atoms with van der Waals surface area (Å²) in [5, 5.41) is 3.31. The quantitative estimate of drug-likeness (QED) is 0.357. The minimum atomic E-state index is -0.539. The predicted molar refractivity (Wildman–Crippen MR) is 104 cm³/mol. The molecule has 0 saturated carbocycles. The molecule has 1 aromatic carbocycles. The second kappa shape index (κ2) is 12.8. The van der Waals surface area contributed by atoms with Crippen LogP contribution in [-0.2, 0) is 4.79 Å². The second-order valence-corrected chi connectivity index (χ2v) is 6.80. The van der Waals surface area contributed by atoms with Gasteiger partial charge in [0.15, 0.2) is 0 Å². The first kappa shape index (κ1) is 21.6. The molecule has 1 aromatic rings. The number of benzene rings is 1. The van der Waals surface area contributed by atoms with Crippen molar-refractivity contribution < 1.29 is 9.59 Å². The van der Waals surface area contributed by atoms with Crippen LogP contribution < -0.4 is 16.2 Å². The van der Waals surface area contributed by atoms with Crippen molar-refractivity contribution in [2.45, 2.75) is 64.7 Å². The Balaban J connectivity index is 2.09. The van der Waals surface area contributed by atoms with Crippen molar-refractivity contribution in [2.75, 3.05) is 5.32 Å². The number of hydrogen-bond donors (Lipinski definition) is 3. The van der Waals surface area contributed by atoms with Crippen molar-refractivity contribution in [2.24, 2.45) is 0 Å².